The lowest BCUT2D eigenvalue weighted by atomic mass is 10.1. The van der Waals surface area contributed by atoms with Crippen LogP contribution < -0.4 is 11.5 Å². The zero-order chi connectivity index (χ0) is 31.0. The van der Waals surface area contributed by atoms with Gasteiger partial charge in [0, 0.05) is 0 Å². The van der Waals surface area contributed by atoms with Gasteiger partial charge in [0.1, 0.15) is 60.3 Å². The largest absolute Gasteiger partial charge is 0.386 e. The van der Waals surface area contributed by atoms with Crippen LogP contribution in [0.4, 0.5) is 11.6 Å². The number of rotatable bonds is 2. The molecule has 20 nitrogen and oxygen atoms in total. The van der Waals surface area contributed by atoms with Gasteiger partial charge in [0.15, 0.2) is 35.4 Å². The van der Waals surface area contributed by atoms with Gasteiger partial charge in [-0.25, -0.2) is 29.9 Å². The monoisotopic (exact) mass is 690 g/mol. The predicted octanol–water partition coefficient (Wildman–Crippen LogP) is -1.40. The van der Waals surface area contributed by atoms with Gasteiger partial charge >= 0.3 is 13.4 Å². The Kier molecular flexibility index (Phi) is 7.66. The summed E-state index contributed by atoms with van der Waals surface area (Å²) in [4.78, 5) is 46.5. The molecule has 7 heterocycles. The minimum atomic E-state index is -4.12. The summed E-state index contributed by atoms with van der Waals surface area (Å²) in [6.07, 6.45) is -5.13. The fourth-order valence-corrected chi connectivity index (χ4v) is 8.13. The first-order chi connectivity index (χ1) is 20.9. The topological polar surface area (TPSA) is 276 Å². The second-order valence-corrected chi connectivity index (χ2v) is 15.5. The summed E-state index contributed by atoms with van der Waals surface area (Å²) in [5, 5.41) is 22.5. The van der Waals surface area contributed by atoms with E-state index in [0.717, 1.165) is 0 Å². The summed E-state index contributed by atoms with van der Waals surface area (Å²) in [6, 6.07) is 0. The van der Waals surface area contributed by atoms with Gasteiger partial charge in [0.2, 0.25) is 0 Å². The Labute approximate surface area is 256 Å². The predicted molar refractivity (Wildman–Crippen MR) is 154 cm³/mol. The third kappa shape index (κ3) is 5.29. The SMILES string of the molecule is Nc1ncnc2c1ncn2[C@H]1O[C@H]2COP(O)(=S)O[C@@H]3[C@H](O)[C@@H](n4cnc5c(N)ncnc54)O[C@H]3COP(O)(=S)O[C@@H]2[C@@H]1O. The number of aliphatic hydroxyl groups is 2. The molecule has 3 aliphatic heterocycles. The molecule has 4 aromatic heterocycles. The molecule has 3 fully saturated rings. The summed E-state index contributed by atoms with van der Waals surface area (Å²) in [7, 11) is 0. The van der Waals surface area contributed by atoms with Crippen LogP contribution in [0.3, 0.4) is 0 Å². The van der Waals surface area contributed by atoms with Gasteiger partial charge in [-0.1, -0.05) is 0 Å². The molecule has 0 radical (unpaired) electrons. The highest BCUT2D eigenvalue weighted by molar-refractivity contribution is 8.07. The molecule has 0 amide bonds. The third-order valence-corrected chi connectivity index (χ3v) is 10.4. The number of aromatic nitrogens is 8. The van der Waals surface area contributed by atoms with E-state index in [1.54, 1.807) is 0 Å². The van der Waals surface area contributed by atoms with E-state index in [2.05, 4.69) is 29.9 Å². The number of nitrogens with two attached hydrogens (primary N) is 2. The number of hydrogen-bond acceptors (Lipinski definition) is 18. The maximum absolute atomic E-state index is 11.3. The van der Waals surface area contributed by atoms with Gasteiger partial charge in [-0.3, -0.25) is 18.2 Å². The van der Waals surface area contributed by atoms with Crippen LogP contribution in [0.5, 0.6) is 0 Å². The molecule has 24 heteroatoms. The number of hydrogen-bond donors (Lipinski definition) is 6. The van der Waals surface area contributed by atoms with Crippen LogP contribution in [0.15, 0.2) is 25.3 Å². The Morgan fingerprint density at radius 2 is 1.11 bits per heavy atom. The third-order valence-electron chi connectivity index (χ3n) is 7.26. The highest BCUT2D eigenvalue weighted by Crippen LogP contribution is 2.54. The highest BCUT2D eigenvalue weighted by atomic mass is 32.5. The first-order valence-electron chi connectivity index (χ1n) is 12.8. The van der Waals surface area contributed by atoms with Crippen LogP contribution in [0, 0.1) is 0 Å². The van der Waals surface area contributed by atoms with E-state index in [4.69, 9.17) is 62.6 Å². The van der Waals surface area contributed by atoms with Crippen molar-refractivity contribution < 1.29 is 47.6 Å². The zero-order valence-corrected chi connectivity index (χ0v) is 25.4. The van der Waals surface area contributed by atoms with Crippen LogP contribution in [0.2, 0.25) is 0 Å². The van der Waals surface area contributed by atoms with Crippen molar-refractivity contribution in [3.8, 4) is 0 Å². The Morgan fingerprint density at radius 1 is 0.705 bits per heavy atom. The van der Waals surface area contributed by atoms with Crippen molar-refractivity contribution in [2.45, 2.75) is 49.1 Å². The van der Waals surface area contributed by atoms with Crippen molar-refractivity contribution in [2.24, 2.45) is 0 Å². The molecule has 10 atom stereocenters. The molecule has 4 aromatic rings. The molecule has 0 saturated carbocycles. The van der Waals surface area contributed by atoms with Crippen molar-refractivity contribution in [1.82, 2.24) is 39.0 Å². The van der Waals surface area contributed by atoms with Gasteiger partial charge in [-0.05, 0) is 23.6 Å². The maximum Gasteiger partial charge on any atom is 0.325 e. The number of nitrogens with zero attached hydrogens (tertiary/aromatic N) is 8. The summed E-state index contributed by atoms with van der Waals surface area (Å²) < 4.78 is 37.4. The molecular formula is C20H24N10O10P2S2. The van der Waals surface area contributed by atoms with Crippen LogP contribution in [0.1, 0.15) is 12.5 Å². The van der Waals surface area contributed by atoms with Crippen molar-refractivity contribution in [3.63, 3.8) is 0 Å². The fraction of sp³-hybridized carbons (Fsp3) is 0.500. The Morgan fingerprint density at radius 3 is 1.52 bits per heavy atom. The van der Waals surface area contributed by atoms with Crippen LogP contribution in [0.25, 0.3) is 22.3 Å². The molecule has 2 unspecified atom stereocenters. The van der Waals surface area contributed by atoms with Crippen LogP contribution in [-0.2, 0) is 51.2 Å². The van der Waals surface area contributed by atoms with E-state index in [9.17, 15) is 20.0 Å². The number of aliphatic hydroxyl groups excluding tert-OH is 2. The highest BCUT2D eigenvalue weighted by Gasteiger charge is 2.52. The minimum absolute atomic E-state index is 0.112. The lowest BCUT2D eigenvalue weighted by Crippen LogP contribution is -2.39. The average Bonchev–Trinajstić information content (AvgIpc) is 3.73. The Bertz CT molecular complexity index is 1700. The second kappa shape index (κ2) is 11.1. The van der Waals surface area contributed by atoms with Gasteiger partial charge in [0.05, 0.1) is 25.9 Å². The normalized spacial score (nSPS) is 38.3. The van der Waals surface area contributed by atoms with Crippen LogP contribution in [-0.4, -0.2) is 109 Å². The Hall–Kier alpha value is -2.40. The van der Waals surface area contributed by atoms with Gasteiger partial charge < -0.3 is 50.0 Å². The molecule has 0 spiro atoms. The van der Waals surface area contributed by atoms with E-state index in [0.29, 0.717) is 0 Å². The van der Waals surface area contributed by atoms with Gasteiger partial charge in [-0.15, -0.1) is 0 Å². The summed E-state index contributed by atoms with van der Waals surface area (Å²) in [6.45, 7) is -9.20. The standard InChI is InChI=1S/C20H24N10O10P2S2/c21-15-9-17(25-3-23-15)29(5-27-9)19-11(31)13-7(37-19)1-35-41(33,43)40-14-8(2-36-42(34,44)39-13)38-20(12(14)32)30-6-28-10-16(22)24-4-26-18(10)30/h3-8,11-14,19-20,31-32H,1-2H2,(H,33,43)(H,34,44)(H2,21,23,25)(H2,22,24,26)/t7-,8-,11-,12-,13-,14-,19-,20-,41?,42?/m0/s1. The summed E-state index contributed by atoms with van der Waals surface area (Å²) in [5.74, 6) is 0.223. The summed E-state index contributed by atoms with van der Waals surface area (Å²) in [5.41, 5.74) is 12.8. The minimum Gasteiger partial charge on any atom is -0.386 e. The van der Waals surface area contributed by atoms with E-state index in [1.165, 1.54) is 34.4 Å². The molecule has 7 rings (SSSR count). The lowest BCUT2D eigenvalue weighted by molar-refractivity contribution is -0.0593. The van der Waals surface area contributed by atoms with Crippen LogP contribution >= 0.6 is 13.4 Å². The molecule has 236 valence electrons. The maximum atomic E-state index is 11.3. The van der Waals surface area contributed by atoms with E-state index >= 15 is 0 Å². The first-order valence-corrected chi connectivity index (χ1v) is 17.9. The Balaban J connectivity index is 1.17. The molecule has 44 heavy (non-hydrogen) atoms. The molecule has 3 saturated heterocycles. The number of imidazole rings is 2. The number of fused-ring (bicyclic) bond motifs is 4. The average molecular weight is 691 g/mol. The van der Waals surface area contributed by atoms with Gasteiger partial charge in [-0.2, -0.15) is 0 Å². The van der Waals surface area contributed by atoms with Gasteiger partial charge in [0.25, 0.3) is 0 Å². The smallest absolute Gasteiger partial charge is 0.325 e. The van der Waals surface area contributed by atoms with Crippen molar-refractivity contribution in [2.75, 3.05) is 24.7 Å². The van der Waals surface area contributed by atoms with Crippen molar-refractivity contribution >= 4 is 71.0 Å². The zero-order valence-electron chi connectivity index (χ0n) is 22.0. The fourth-order valence-electron chi connectivity index (χ4n) is 5.24. The molecule has 0 bridgehead atoms. The van der Waals surface area contributed by atoms with E-state index in [1.807, 2.05) is 0 Å². The lowest BCUT2D eigenvalue weighted by Gasteiger charge is -2.30. The second-order valence-electron chi connectivity index (χ2n) is 9.95. The van der Waals surface area contributed by atoms with Crippen molar-refractivity contribution in [3.05, 3.63) is 25.3 Å². The van der Waals surface area contributed by atoms with E-state index < -0.39 is 75.7 Å². The number of anilines is 2. The number of nitrogen functional groups attached to an aromatic ring is 2. The molecule has 8 N–H and O–H groups in total. The van der Waals surface area contributed by atoms with E-state index in [-0.39, 0.29) is 34.0 Å². The summed E-state index contributed by atoms with van der Waals surface area (Å²) >= 11 is 10.5. The number of ether oxygens (including phenoxy) is 2. The molecule has 3 aliphatic rings. The quantitative estimate of drug-likeness (QED) is 0.132. The molecule has 0 aliphatic carbocycles. The molecule has 0 aromatic carbocycles. The van der Waals surface area contributed by atoms with Crippen molar-refractivity contribution in [1.29, 1.82) is 0 Å². The first kappa shape index (κ1) is 30.3. The molecular weight excluding hydrogens is 666 g/mol.